The highest BCUT2D eigenvalue weighted by Gasteiger charge is 2.10. The highest BCUT2D eigenvalue weighted by Crippen LogP contribution is 2.14. The van der Waals surface area contributed by atoms with Crippen molar-refractivity contribution in [1.29, 1.82) is 0 Å². The number of anilines is 1. The zero-order valence-corrected chi connectivity index (χ0v) is 11.3. The second kappa shape index (κ2) is 5.89. The molecule has 0 spiro atoms. The fraction of sp³-hybridized carbons (Fsp3) is 0.400. The van der Waals surface area contributed by atoms with E-state index < -0.39 is 15.4 Å². The summed E-state index contributed by atoms with van der Waals surface area (Å²) in [5.41, 5.74) is -0.375. The van der Waals surface area contributed by atoms with Gasteiger partial charge in [-0.15, -0.1) is 6.42 Å². The molecule has 0 saturated heterocycles. The largest absolute Gasteiger partial charge is 0.378 e. The van der Waals surface area contributed by atoms with E-state index in [2.05, 4.69) is 16.3 Å². The van der Waals surface area contributed by atoms with E-state index in [0.29, 0.717) is 0 Å². The minimum Gasteiger partial charge on any atom is -0.378 e. The Bertz CT molecular complexity index is 631. The lowest BCUT2D eigenvalue weighted by Gasteiger charge is -2.08. The quantitative estimate of drug-likeness (QED) is 0.771. The van der Waals surface area contributed by atoms with Gasteiger partial charge >= 0.3 is 0 Å². The van der Waals surface area contributed by atoms with Crippen LogP contribution < -0.4 is 10.9 Å². The lowest BCUT2D eigenvalue weighted by molar-refractivity contribution is 0.602. The van der Waals surface area contributed by atoms with Crippen LogP contribution in [0.3, 0.4) is 0 Å². The van der Waals surface area contributed by atoms with Gasteiger partial charge in [0.15, 0.2) is 0 Å². The lowest BCUT2D eigenvalue weighted by Crippen LogP contribution is -2.27. The maximum atomic E-state index is 11.8. The molecule has 0 atom stereocenters. The highest BCUT2D eigenvalue weighted by atomic mass is 35.5. The molecule has 0 fully saturated rings. The van der Waals surface area contributed by atoms with Gasteiger partial charge in [-0.25, -0.2) is 13.1 Å². The first kappa shape index (κ1) is 14.5. The Kier molecular flexibility index (Phi) is 4.76. The normalized spacial score (nSPS) is 10.9. The summed E-state index contributed by atoms with van der Waals surface area (Å²) in [5, 5.41) is 6.57. The third-order valence-corrected chi connectivity index (χ3v) is 3.25. The van der Waals surface area contributed by atoms with Gasteiger partial charge in [-0.05, 0) is 0 Å². The van der Waals surface area contributed by atoms with E-state index in [-0.39, 0.29) is 29.6 Å². The molecule has 1 rings (SSSR count). The van der Waals surface area contributed by atoms with Crippen molar-refractivity contribution in [3.63, 3.8) is 0 Å². The minimum atomic E-state index is -3.10. The predicted octanol–water partition coefficient (Wildman–Crippen LogP) is -0.0136. The van der Waals surface area contributed by atoms with Gasteiger partial charge < -0.3 is 5.32 Å². The van der Waals surface area contributed by atoms with Gasteiger partial charge in [0.2, 0.25) is 0 Å². The summed E-state index contributed by atoms with van der Waals surface area (Å²) in [6, 6.07) is 0. The molecule has 98 valence electrons. The number of halogens is 1. The van der Waals surface area contributed by atoms with Crippen LogP contribution in [0.5, 0.6) is 0 Å². The molecule has 0 aromatic carbocycles. The summed E-state index contributed by atoms with van der Waals surface area (Å²) < 4.78 is 23.0. The van der Waals surface area contributed by atoms with Crippen LogP contribution in [-0.2, 0) is 16.4 Å². The van der Waals surface area contributed by atoms with E-state index in [1.165, 1.54) is 6.20 Å². The van der Waals surface area contributed by atoms with Crippen LogP contribution in [0.25, 0.3) is 0 Å². The molecule has 0 unspecified atom stereocenters. The lowest BCUT2D eigenvalue weighted by atomic mass is 10.4. The standard InChI is InChI=1S/C10H12ClN3O3S/c1-3-5-14-10(15)9(8(11)7-13-14)12-4-6-18(2,16)17/h1,7,12H,4-6H2,2H3. The monoisotopic (exact) mass is 289 g/mol. The van der Waals surface area contributed by atoms with Crippen molar-refractivity contribution in [3.05, 3.63) is 21.6 Å². The number of aromatic nitrogens is 2. The van der Waals surface area contributed by atoms with Crippen molar-refractivity contribution in [1.82, 2.24) is 9.78 Å². The molecule has 18 heavy (non-hydrogen) atoms. The number of nitrogens with one attached hydrogen (secondary N) is 1. The van der Waals surface area contributed by atoms with Gasteiger partial charge in [0.05, 0.1) is 17.0 Å². The second-order valence-electron chi connectivity index (χ2n) is 3.59. The van der Waals surface area contributed by atoms with Crippen molar-refractivity contribution in [2.24, 2.45) is 0 Å². The summed E-state index contributed by atoms with van der Waals surface area (Å²) in [6.45, 7) is 0.116. The average Bonchev–Trinajstić information content (AvgIpc) is 2.26. The molecule has 0 radical (unpaired) electrons. The topological polar surface area (TPSA) is 81.1 Å². The fourth-order valence-corrected chi connectivity index (χ4v) is 1.85. The van der Waals surface area contributed by atoms with Gasteiger partial charge in [-0.1, -0.05) is 17.5 Å². The number of hydrogen-bond acceptors (Lipinski definition) is 5. The molecule has 0 saturated carbocycles. The van der Waals surface area contributed by atoms with E-state index in [1.807, 2.05) is 0 Å². The molecular formula is C10H12ClN3O3S. The molecule has 0 aliphatic rings. The van der Waals surface area contributed by atoms with Gasteiger partial charge in [-0.3, -0.25) is 4.79 Å². The number of sulfone groups is 1. The maximum Gasteiger partial charge on any atom is 0.292 e. The Labute approximate surface area is 110 Å². The van der Waals surface area contributed by atoms with Crippen molar-refractivity contribution in [3.8, 4) is 12.3 Å². The summed E-state index contributed by atoms with van der Waals surface area (Å²) in [7, 11) is -3.10. The van der Waals surface area contributed by atoms with E-state index in [0.717, 1.165) is 10.9 Å². The third-order valence-electron chi connectivity index (χ3n) is 2.01. The van der Waals surface area contributed by atoms with Gasteiger partial charge in [0.25, 0.3) is 5.56 Å². The molecule has 0 bridgehead atoms. The maximum absolute atomic E-state index is 11.8. The average molecular weight is 290 g/mol. The first-order valence-electron chi connectivity index (χ1n) is 4.96. The first-order valence-corrected chi connectivity index (χ1v) is 7.39. The molecular weight excluding hydrogens is 278 g/mol. The fourth-order valence-electron chi connectivity index (χ4n) is 1.19. The van der Waals surface area contributed by atoms with Gasteiger partial charge in [-0.2, -0.15) is 5.10 Å². The molecule has 0 amide bonds. The van der Waals surface area contributed by atoms with E-state index >= 15 is 0 Å². The third kappa shape index (κ3) is 4.05. The molecule has 1 aromatic heterocycles. The Morgan fingerprint density at radius 3 is 2.83 bits per heavy atom. The SMILES string of the molecule is C#CCn1ncc(Cl)c(NCCS(C)(=O)=O)c1=O. The van der Waals surface area contributed by atoms with Crippen LogP contribution in [0.1, 0.15) is 0 Å². The highest BCUT2D eigenvalue weighted by molar-refractivity contribution is 7.90. The van der Waals surface area contributed by atoms with Crippen LogP contribution >= 0.6 is 11.6 Å². The Morgan fingerprint density at radius 2 is 2.28 bits per heavy atom. The smallest absolute Gasteiger partial charge is 0.292 e. The number of rotatable bonds is 5. The molecule has 0 aliphatic heterocycles. The molecule has 1 N–H and O–H groups in total. The van der Waals surface area contributed by atoms with Crippen molar-refractivity contribution in [2.75, 3.05) is 23.9 Å². The summed E-state index contributed by atoms with van der Waals surface area (Å²) in [6.07, 6.45) is 7.48. The molecule has 1 aromatic rings. The Hall–Kier alpha value is -1.52. The summed E-state index contributed by atoms with van der Waals surface area (Å²) in [4.78, 5) is 11.8. The van der Waals surface area contributed by atoms with E-state index in [9.17, 15) is 13.2 Å². The number of hydrogen-bond donors (Lipinski definition) is 1. The first-order chi connectivity index (χ1) is 8.35. The van der Waals surface area contributed by atoms with E-state index in [1.54, 1.807) is 0 Å². The van der Waals surface area contributed by atoms with Crippen LogP contribution in [0.15, 0.2) is 11.0 Å². The summed E-state index contributed by atoms with van der Waals surface area (Å²) >= 11 is 5.81. The van der Waals surface area contributed by atoms with Gasteiger partial charge in [0.1, 0.15) is 22.1 Å². The molecule has 1 heterocycles. The van der Waals surface area contributed by atoms with E-state index in [4.69, 9.17) is 18.0 Å². The minimum absolute atomic E-state index is 0.0246. The molecule has 6 nitrogen and oxygen atoms in total. The number of terminal acetylenes is 1. The van der Waals surface area contributed by atoms with Crippen molar-refractivity contribution >= 4 is 27.1 Å². The Balaban J connectivity index is 2.92. The zero-order valence-electron chi connectivity index (χ0n) is 9.68. The molecule has 8 heteroatoms. The van der Waals surface area contributed by atoms with Crippen LogP contribution in [-0.4, -0.2) is 36.8 Å². The number of nitrogens with zero attached hydrogens (tertiary/aromatic N) is 2. The van der Waals surface area contributed by atoms with Crippen LogP contribution in [0.4, 0.5) is 5.69 Å². The van der Waals surface area contributed by atoms with Crippen LogP contribution in [0.2, 0.25) is 5.02 Å². The van der Waals surface area contributed by atoms with Crippen LogP contribution in [0, 0.1) is 12.3 Å². The summed E-state index contributed by atoms with van der Waals surface area (Å²) in [5.74, 6) is 2.19. The van der Waals surface area contributed by atoms with Crippen molar-refractivity contribution < 1.29 is 8.42 Å². The molecule has 0 aliphatic carbocycles. The Morgan fingerprint density at radius 1 is 1.61 bits per heavy atom. The zero-order chi connectivity index (χ0) is 13.8. The van der Waals surface area contributed by atoms with Gasteiger partial charge in [0, 0.05) is 12.8 Å². The predicted molar refractivity (Wildman–Crippen MR) is 70.5 cm³/mol. The van der Waals surface area contributed by atoms with Crippen molar-refractivity contribution in [2.45, 2.75) is 6.54 Å². The second-order valence-corrected chi connectivity index (χ2v) is 6.26.